The molecule has 0 aromatic heterocycles. The van der Waals surface area contributed by atoms with Crippen molar-refractivity contribution >= 4 is 10.0 Å². The Labute approximate surface area is 109 Å². The highest BCUT2D eigenvalue weighted by Gasteiger charge is 2.21. The van der Waals surface area contributed by atoms with Gasteiger partial charge in [0.25, 0.3) is 0 Å². The van der Waals surface area contributed by atoms with E-state index in [9.17, 15) is 8.42 Å². The van der Waals surface area contributed by atoms with Crippen molar-refractivity contribution in [3.63, 3.8) is 0 Å². The van der Waals surface area contributed by atoms with Gasteiger partial charge in [-0.15, -0.1) is 0 Å². The standard InChI is InChI=1S/C13H18N2O2S/c1-13(2,3)15-18(16,17)12-8-6-11(7-9-12)5-4-10-14/h6-9,15H,10,14H2,1-3H3. The lowest BCUT2D eigenvalue weighted by molar-refractivity contribution is 0.491. The van der Waals surface area contributed by atoms with Crippen LogP contribution >= 0.6 is 0 Å². The molecule has 1 rings (SSSR count). The van der Waals surface area contributed by atoms with Gasteiger partial charge in [0.1, 0.15) is 0 Å². The Balaban J connectivity index is 2.98. The van der Waals surface area contributed by atoms with Gasteiger partial charge in [-0.25, -0.2) is 13.1 Å². The fourth-order valence-electron chi connectivity index (χ4n) is 1.33. The molecule has 0 aliphatic rings. The third kappa shape index (κ3) is 4.49. The van der Waals surface area contributed by atoms with E-state index in [4.69, 9.17) is 5.73 Å². The Bertz CT molecular complexity index is 558. The monoisotopic (exact) mass is 266 g/mol. The summed E-state index contributed by atoms with van der Waals surface area (Å²) in [6, 6.07) is 6.41. The molecule has 98 valence electrons. The zero-order valence-electron chi connectivity index (χ0n) is 10.8. The molecular weight excluding hydrogens is 248 g/mol. The van der Waals surface area contributed by atoms with Gasteiger partial charge in [-0.05, 0) is 45.0 Å². The first-order chi connectivity index (χ1) is 8.24. The second-order valence-electron chi connectivity index (χ2n) is 4.89. The van der Waals surface area contributed by atoms with E-state index >= 15 is 0 Å². The molecule has 0 aliphatic carbocycles. The third-order valence-electron chi connectivity index (χ3n) is 1.94. The molecule has 0 amide bonds. The fraction of sp³-hybridized carbons (Fsp3) is 0.385. The molecule has 5 heteroatoms. The predicted octanol–water partition coefficient (Wildman–Crippen LogP) is 1.07. The molecule has 0 aliphatic heterocycles. The van der Waals surface area contributed by atoms with E-state index in [1.807, 2.05) is 0 Å². The molecule has 1 aromatic carbocycles. The molecule has 0 fully saturated rings. The highest BCUT2D eigenvalue weighted by Crippen LogP contribution is 2.13. The lowest BCUT2D eigenvalue weighted by Crippen LogP contribution is -2.40. The Morgan fingerprint density at radius 1 is 1.22 bits per heavy atom. The summed E-state index contributed by atoms with van der Waals surface area (Å²) in [7, 11) is -3.48. The van der Waals surface area contributed by atoms with Gasteiger partial charge in [-0.1, -0.05) is 11.8 Å². The lowest BCUT2D eigenvalue weighted by atomic mass is 10.1. The molecule has 0 radical (unpaired) electrons. The van der Waals surface area contributed by atoms with Crippen LogP contribution in [0.2, 0.25) is 0 Å². The zero-order chi connectivity index (χ0) is 13.8. The Morgan fingerprint density at radius 3 is 2.22 bits per heavy atom. The topological polar surface area (TPSA) is 72.2 Å². The molecule has 3 N–H and O–H groups in total. The predicted molar refractivity (Wildman–Crippen MR) is 72.4 cm³/mol. The van der Waals surface area contributed by atoms with Crippen LogP contribution < -0.4 is 10.5 Å². The molecule has 18 heavy (non-hydrogen) atoms. The van der Waals surface area contributed by atoms with Gasteiger partial charge in [-0.3, -0.25) is 0 Å². The number of rotatable bonds is 2. The maximum atomic E-state index is 12.0. The van der Waals surface area contributed by atoms with E-state index in [2.05, 4.69) is 16.6 Å². The van der Waals surface area contributed by atoms with Gasteiger partial charge in [0, 0.05) is 11.1 Å². The second-order valence-corrected chi connectivity index (χ2v) is 6.57. The van der Waals surface area contributed by atoms with Crippen LogP contribution in [0.1, 0.15) is 26.3 Å². The quantitative estimate of drug-likeness (QED) is 0.787. The van der Waals surface area contributed by atoms with Gasteiger partial charge in [0.2, 0.25) is 10.0 Å². The van der Waals surface area contributed by atoms with Crippen molar-refractivity contribution in [1.29, 1.82) is 0 Å². The maximum absolute atomic E-state index is 12.0. The summed E-state index contributed by atoms with van der Waals surface area (Å²) in [6.45, 7) is 5.68. The molecule has 0 heterocycles. The molecule has 4 nitrogen and oxygen atoms in total. The summed E-state index contributed by atoms with van der Waals surface area (Å²) in [5.74, 6) is 5.55. The van der Waals surface area contributed by atoms with Crippen molar-refractivity contribution in [3.05, 3.63) is 29.8 Å². The lowest BCUT2D eigenvalue weighted by Gasteiger charge is -2.20. The van der Waals surface area contributed by atoms with Crippen molar-refractivity contribution < 1.29 is 8.42 Å². The van der Waals surface area contributed by atoms with Crippen molar-refractivity contribution in [2.45, 2.75) is 31.2 Å². The molecule has 0 unspecified atom stereocenters. The summed E-state index contributed by atoms with van der Waals surface area (Å²) in [5, 5.41) is 0. The van der Waals surface area contributed by atoms with Gasteiger partial charge < -0.3 is 5.73 Å². The van der Waals surface area contributed by atoms with Crippen LogP contribution in [0.25, 0.3) is 0 Å². The van der Waals surface area contributed by atoms with Crippen molar-refractivity contribution in [2.75, 3.05) is 6.54 Å². The minimum atomic E-state index is -3.48. The summed E-state index contributed by atoms with van der Waals surface area (Å²) < 4.78 is 26.6. The first kappa shape index (κ1) is 14.7. The molecule has 1 aromatic rings. The van der Waals surface area contributed by atoms with Crippen LogP contribution in [0.15, 0.2) is 29.2 Å². The van der Waals surface area contributed by atoms with Crippen molar-refractivity contribution in [1.82, 2.24) is 4.72 Å². The van der Waals surface area contributed by atoms with Crippen LogP contribution in [0.3, 0.4) is 0 Å². The van der Waals surface area contributed by atoms with Gasteiger partial charge in [-0.2, -0.15) is 0 Å². The molecule has 0 saturated carbocycles. The average molecular weight is 266 g/mol. The summed E-state index contributed by atoms with van der Waals surface area (Å²) in [5.41, 5.74) is 5.51. The number of hydrogen-bond donors (Lipinski definition) is 2. The van der Waals surface area contributed by atoms with E-state index in [1.165, 1.54) is 12.1 Å². The van der Waals surface area contributed by atoms with E-state index in [0.717, 1.165) is 5.56 Å². The van der Waals surface area contributed by atoms with Gasteiger partial charge >= 0.3 is 0 Å². The molecule has 0 spiro atoms. The van der Waals surface area contributed by atoms with Crippen LogP contribution in [0.4, 0.5) is 0 Å². The minimum absolute atomic E-state index is 0.232. The Hall–Kier alpha value is -1.35. The molecular formula is C13H18N2O2S. The van der Waals surface area contributed by atoms with Crippen molar-refractivity contribution in [2.24, 2.45) is 5.73 Å². The SMILES string of the molecule is CC(C)(C)NS(=O)(=O)c1ccc(C#CCN)cc1. The maximum Gasteiger partial charge on any atom is 0.241 e. The van der Waals surface area contributed by atoms with Gasteiger partial charge in [0.05, 0.1) is 11.4 Å². The largest absolute Gasteiger partial charge is 0.320 e. The van der Waals surface area contributed by atoms with E-state index in [-0.39, 0.29) is 11.4 Å². The van der Waals surface area contributed by atoms with Crippen LogP contribution in [0.5, 0.6) is 0 Å². The smallest absolute Gasteiger partial charge is 0.241 e. The first-order valence-corrected chi connectivity index (χ1v) is 7.06. The number of nitrogens with two attached hydrogens (primary N) is 1. The third-order valence-corrected chi connectivity index (χ3v) is 3.71. The summed E-state index contributed by atoms with van der Waals surface area (Å²) >= 11 is 0. The van der Waals surface area contributed by atoms with Crippen molar-refractivity contribution in [3.8, 4) is 11.8 Å². The highest BCUT2D eigenvalue weighted by atomic mass is 32.2. The normalized spacial score (nSPS) is 11.8. The summed E-state index contributed by atoms with van der Waals surface area (Å²) in [6.07, 6.45) is 0. The zero-order valence-corrected chi connectivity index (χ0v) is 11.6. The Morgan fingerprint density at radius 2 is 1.78 bits per heavy atom. The van der Waals surface area contributed by atoms with E-state index in [0.29, 0.717) is 0 Å². The van der Waals surface area contributed by atoms with E-state index < -0.39 is 15.6 Å². The number of benzene rings is 1. The number of sulfonamides is 1. The number of nitrogens with one attached hydrogen (secondary N) is 1. The van der Waals surface area contributed by atoms with Crippen LogP contribution in [0, 0.1) is 11.8 Å². The van der Waals surface area contributed by atoms with Crippen LogP contribution in [-0.4, -0.2) is 20.5 Å². The Kier molecular flexibility index (Phi) is 4.52. The van der Waals surface area contributed by atoms with E-state index in [1.54, 1.807) is 32.9 Å². The fourth-order valence-corrected chi connectivity index (χ4v) is 2.75. The van der Waals surface area contributed by atoms with Gasteiger partial charge in [0.15, 0.2) is 0 Å². The number of hydrogen-bond acceptors (Lipinski definition) is 3. The average Bonchev–Trinajstić information content (AvgIpc) is 2.23. The molecule has 0 atom stereocenters. The van der Waals surface area contributed by atoms with Crippen LogP contribution in [-0.2, 0) is 10.0 Å². The second kappa shape index (κ2) is 5.53. The minimum Gasteiger partial charge on any atom is -0.320 e. The molecule has 0 bridgehead atoms. The molecule has 0 saturated heterocycles. The highest BCUT2D eigenvalue weighted by molar-refractivity contribution is 7.89. The first-order valence-electron chi connectivity index (χ1n) is 5.57. The summed E-state index contributed by atoms with van der Waals surface area (Å²) in [4.78, 5) is 0.232.